The van der Waals surface area contributed by atoms with E-state index in [0.717, 1.165) is 27.9 Å². The van der Waals surface area contributed by atoms with Crippen LogP contribution in [0.4, 0.5) is 5.69 Å². The third-order valence-corrected chi connectivity index (χ3v) is 3.74. The molecule has 0 fully saturated rings. The van der Waals surface area contributed by atoms with Gasteiger partial charge in [0.15, 0.2) is 5.58 Å². The summed E-state index contributed by atoms with van der Waals surface area (Å²) in [7, 11) is 0. The topological polar surface area (TPSA) is 51.3 Å². The van der Waals surface area contributed by atoms with Crippen molar-refractivity contribution in [3.05, 3.63) is 77.6 Å². The Kier molecular flexibility index (Phi) is 3.81. The SMILES string of the molecule is Clc1cccc(C=Nc2ccc3oc(-c4ccncc4)nc3c2)c1. The molecule has 0 spiro atoms. The maximum absolute atomic E-state index is 5.98. The number of oxazole rings is 1. The van der Waals surface area contributed by atoms with Gasteiger partial charge in [0.1, 0.15) is 5.52 Å². The number of aromatic nitrogens is 2. The molecule has 2 aromatic carbocycles. The van der Waals surface area contributed by atoms with Crippen molar-refractivity contribution >= 4 is 34.6 Å². The van der Waals surface area contributed by atoms with Crippen molar-refractivity contribution in [2.45, 2.75) is 0 Å². The normalized spacial score (nSPS) is 11.4. The van der Waals surface area contributed by atoms with Crippen LogP contribution in [0.15, 0.2) is 76.4 Å². The number of benzene rings is 2. The van der Waals surface area contributed by atoms with Gasteiger partial charge in [-0.05, 0) is 48.0 Å². The zero-order valence-corrected chi connectivity index (χ0v) is 13.3. The molecule has 2 aromatic heterocycles. The second-order valence-electron chi connectivity index (χ2n) is 5.22. The van der Waals surface area contributed by atoms with Crippen molar-refractivity contribution in [3.63, 3.8) is 0 Å². The molecule has 24 heavy (non-hydrogen) atoms. The van der Waals surface area contributed by atoms with Gasteiger partial charge in [0.2, 0.25) is 5.89 Å². The van der Waals surface area contributed by atoms with E-state index < -0.39 is 0 Å². The molecule has 0 N–H and O–H groups in total. The third-order valence-electron chi connectivity index (χ3n) is 3.51. The highest BCUT2D eigenvalue weighted by Crippen LogP contribution is 2.26. The van der Waals surface area contributed by atoms with E-state index in [0.29, 0.717) is 10.9 Å². The molecule has 0 atom stereocenters. The third kappa shape index (κ3) is 3.05. The summed E-state index contributed by atoms with van der Waals surface area (Å²) in [6.07, 6.45) is 5.20. The Bertz CT molecular complexity index is 1030. The number of halogens is 1. The lowest BCUT2D eigenvalue weighted by Gasteiger charge is -1.95. The van der Waals surface area contributed by atoms with Crippen molar-refractivity contribution in [1.82, 2.24) is 9.97 Å². The van der Waals surface area contributed by atoms with E-state index in [-0.39, 0.29) is 0 Å². The first-order valence-corrected chi connectivity index (χ1v) is 7.76. The van der Waals surface area contributed by atoms with Gasteiger partial charge >= 0.3 is 0 Å². The van der Waals surface area contributed by atoms with E-state index in [9.17, 15) is 0 Å². The average Bonchev–Trinajstić information content (AvgIpc) is 3.04. The second kappa shape index (κ2) is 6.26. The van der Waals surface area contributed by atoms with Crippen LogP contribution in [-0.4, -0.2) is 16.2 Å². The molecule has 0 bridgehead atoms. The average molecular weight is 334 g/mol. The van der Waals surface area contributed by atoms with E-state index in [1.165, 1.54) is 0 Å². The van der Waals surface area contributed by atoms with Crippen LogP contribution in [0, 0.1) is 0 Å². The predicted molar refractivity (Wildman–Crippen MR) is 95.9 cm³/mol. The van der Waals surface area contributed by atoms with Crippen LogP contribution in [0.25, 0.3) is 22.6 Å². The lowest BCUT2D eigenvalue weighted by molar-refractivity contribution is 0.619. The van der Waals surface area contributed by atoms with Gasteiger partial charge in [-0.15, -0.1) is 0 Å². The summed E-state index contributed by atoms with van der Waals surface area (Å²) < 4.78 is 5.78. The molecule has 0 saturated carbocycles. The van der Waals surface area contributed by atoms with Crippen LogP contribution >= 0.6 is 11.6 Å². The summed E-state index contributed by atoms with van der Waals surface area (Å²) in [5.74, 6) is 0.573. The number of aliphatic imine (C=N–C) groups is 1. The summed E-state index contributed by atoms with van der Waals surface area (Å²) in [4.78, 5) is 13.0. The summed E-state index contributed by atoms with van der Waals surface area (Å²) in [5, 5.41) is 0.688. The number of rotatable bonds is 3. The van der Waals surface area contributed by atoms with E-state index in [1.807, 2.05) is 54.6 Å². The molecule has 4 rings (SSSR count). The molecule has 4 aromatic rings. The number of fused-ring (bicyclic) bond motifs is 1. The molecular formula is C19H12ClN3O. The summed E-state index contributed by atoms with van der Waals surface area (Å²) in [5.41, 5.74) is 4.13. The largest absolute Gasteiger partial charge is 0.436 e. The summed E-state index contributed by atoms with van der Waals surface area (Å²) in [6, 6.07) is 16.9. The number of hydrogen-bond donors (Lipinski definition) is 0. The Morgan fingerprint density at radius 3 is 2.71 bits per heavy atom. The summed E-state index contributed by atoms with van der Waals surface area (Å²) >= 11 is 5.98. The van der Waals surface area contributed by atoms with Gasteiger partial charge in [0.25, 0.3) is 0 Å². The lowest BCUT2D eigenvalue weighted by Crippen LogP contribution is -1.79. The minimum absolute atomic E-state index is 0.573. The molecule has 2 heterocycles. The smallest absolute Gasteiger partial charge is 0.227 e. The maximum Gasteiger partial charge on any atom is 0.227 e. The predicted octanol–water partition coefficient (Wildman–Crippen LogP) is 5.29. The minimum atomic E-state index is 0.573. The standard InChI is InChI=1S/C19H12ClN3O/c20-15-3-1-2-13(10-15)12-22-16-4-5-18-17(11-16)23-19(24-18)14-6-8-21-9-7-14/h1-12H. The van der Waals surface area contributed by atoms with E-state index in [1.54, 1.807) is 18.6 Å². The lowest BCUT2D eigenvalue weighted by atomic mass is 10.2. The molecule has 5 heteroatoms. The zero-order valence-electron chi connectivity index (χ0n) is 12.6. The van der Waals surface area contributed by atoms with Gasteiger partial charge in [-0.3, -0.25) is 9.98 Å². The van der Waals surface area contributed by atoms with Crippen molar-refractivity contribution in [2.24, 2.45) is 4.99 Å². The Morgan fingerprint density at radius 1 is 1.00 bits per heavy atom. The molecule has 0 aliphatic carbocycles. The van der Waals surface area contributed by atoms with Gasteiger partial charge in [0, 0.05) is 29.2 Å². The zero-order chi connectivity index (χ0) is 16.4. The minimum Gasteiger partial charge on any atom is -0.436 e. The fourth-order valence-corrected chi connectivity index (χ4v) is 2.55. The first-order valence-electron chi connectivity index (χ1n) is 7.38. The number of nitrogens with zero attached hydrogens (tertiary/aromatic N) is 3. The van der Waals surface area contributed by atoms with Crippen molar-refractivity contribution in [3.8, 4) is 11.5 Å². The van der Waals surface area contributed by atoms with Crippen molar-refractivity contribution < 1.29 is 4.42 Å². The van der Waals surface area contributed by atoms with Crippen molar-refractivity contribution in [2.75, 3.05) is 0 Å². The van der Waals surface area contributed by atoms with Crippen molar-refractivity contribution in [1.29, 1.82) is 0 Å². The molecule has 0 radical (unpaired) electrons. The molecule has 0 saturated heterocycles. The fraction of sp³-hybridized carbons (Fsp3) is 0. The number of pyridine rings is 1. The first-order chi connectivity index (χ1) is 11.8. The highest BCUT2D eigenvalue weighted by atomic mass is 35.5. The second-order valence-corrected chi connectivity index (χ2v) is 5.66. The highest BCUT2D eigenvalue weighted by molar-refractivity contribution is 6.30. The Hall–Kier alpha value is -2.98. The van der Waals surface area contributed by atoms with Crippen LogP contribution < -0.4 is 0 Å². The van der Waals surface area contributed by atoms with Gasteiger partial charge in [0.05, 0.1) is 5.69 Å². The quantitative estimate of drug-likeness (QED) is 0.478. The van der Waals surface area contributed by atoms with Gasteiger partial charge < -0.3 is 4.42 Å². The molecule has 4 nitrogen and oxygen atoms in total. The molecule has 0 aliphatic heterocycles. The number of hydrogen-bond acceptors (Lipinski definition) is 4. The summed E-state index contributed by atoms with van der Waals surface area (Å²) in [6.45, 7) is 0. The molecular weight excluding hydrogens is 322 g/mol. The van der Waals surface area contributed by atoms with Crippen LogP contribution in [0.2, 0.25) is 5.02 Å². The van der Waals surface area contributed by atoms with E-state index in [2.05, 4.69) is 15.0 Å². The highest BCUT2D eigenvalue weighted by Gasteiger charge is 2.08. The van der Waals surface area contributed by atoms with E-state index >= 15 is 0 Å². The van der Waals surface area contributed by atoms with E-state index in [4.69, 9.17) is 16.0 Å². The molecule has 0 aliphatic rings. The Morgan fingerprint density at radius 2 is 1.88 bits per heavy atom. The van der Waals surface area contributed by atoms with Gasteiger partial charge in [-0.25, -0.2) is 4.98 Å². The Balaban J connectivity index is 1.66. The molecule has 116 valence electrons. The first kappa shape index (κ1) is 14.6. The monoisotopic (exact) mass is 333 g/mol. The van der Waals surface area contributed by atoms with Crippen LogP contribution in [-0.2, 0) is 0 Å². The van der Waals surface area contributed by atoms with Crippen LogP contribution in [0.5, 0.6) is 0 Å². The van der Waals surface area contributed by atoms with Crippen LogP contribution in [0.3, 0.4) is 0 Å². The molecule has 0 amide bonds. The Labute approximate surface area is 143 Å². The fourth-order valence-electron chi connectivity index (χ4n) is 2.35. The maximum atomic E-state index is 5.98. The van der Waals surface area contributed by atoms with Crippen LogP contribution in [0.1, 0.15) is 5.56 Å². The van der Waals surface area contributed by atoms with Gasteiger partial charge in [-0.2, -0.15) is 0 Å². The van der Waals surface area contributed by atoms with Gasteiger partial charge in [-0.1, -0.05) is 23.7 Å². The molecule has 0 unspecified atom stereocenters.